The van der Waals surface area contributed by atoms with Crippen LogP contribution in [0.2, 0.25) is 0 Å². The van der Waals surface area contributed by atoms with Crippen molar-refractivity contribution in [3.8, 4) is 0 Å². The quantitative estimate of drug-likeness (QED) is 0.456. The highest BCUT2D eigenvalue weighted by Crippen LogP contribution is 2.41. The van der Waals surface area contributed by atoms with Crippen molar-refractivity contribution >= 4 is 28.9 Å². The third-order valence-corrected chi connectivity index (χ3v) is 7.26. The van der Waals surface area contributed by atoms with Gasteiger partial charge in [-0.2, -0.15) is 0 Å². The SMILES string of the molecule is Cc1cccc(NC(=O)CCN2C(=S)N[C@H](c3ccccn3)[C@@H]2c2cccn2C2CCCC2)c1. The molecule has 3 aromatic rings. The van der Waals surface area contributed by atoms with Gasteiger partial charge in [-0.15, -0.1) is 0 Å². The topological polar surface area (TPSA) is 62.2 Å². The summed E-state index contributed by atoms with van der Waals surface area (Å²) in [5.74, 6) is -0.0142. The van der Waals surface area contributed by atoms with Gasteiger partial charge in [0.05, 0.1) is 17.8 Å². The molecule has 2 aliphatic rings. The average Bonchev–Trinajstić information content (AvgIpc) is 3.58. The summed E-state index contributed by atoms with van der Waals surface area (Å²) >= 11 is 5.79. The van der Waals surface area contributed by atoms with E-state index >= 15 is 0 Å². The van der Waals surface area contributed by atoms with Crippen LogP contribution >= 0.6 is 12.2 Å². The molecule has 1 saturated heterocycles. The second-order valence-corrected chi connectivity index (χ2v) is 9.65. The fourth-order valence-corrected chi connectivity index (χ4v) is 5.64. The maximum atomic E-state index is 12.8. The van der Waals surface area contributed by atoms with Crippen LogP contribution < -0.4 is 10.6 Å². The normalized spacial score (nSPS) is 20.5. The summed E-state index contributed by atoms with van der Waals surface area (Å²) in [5, 5.41) is 7.20. The molecule has 2 aromatic heterocycles. The number of anilines is 1. The molecule has 1 amide bonds. The molecule has 0 unspecified atom stereocenters. The third kappa shape index (κ3) is 4.71. The van der Waals surface area contributed by atoms with E-state index in [-0.39, 0.29) is 18.0 Å². The van der Waals surface area contributed by atoms with E-state index in [4.69, 9.17) is 12.2 Å². The molecule has 0 spiro atoms. The Morgan fingerprint density at radius 3 is 2.76 bits per heavy atom. The number of nitrogens with zero attached hydrogens (tertiary/aromatic N) is 3. The van der Waals surface area contributed by atoms with Crippen molar-refractivity contribution in [2.45, 2.75) is 57.2 Å². The van der Waals surface area contributed by atoms with Crippen molar-refractivity contribution in [1.82, 2.24) is 19.8 Å². The van der Waals surface area contributed by atoms with Crippen LogP contribution in [-0.4, -0.2) is 32.0 Å². The highest BCUT2D eigenvalue weighted by molar-refractivity contribution is 7.80. The van der Waals surface area contributed by atoms with Crippen molar-refractivity contribution in [1.29, 1.82) is 0 Å². The Balaban J connectivity index is 1.39. The van der Waals surface area contributed by atoms with E-state index in [1.807, 2.05) is 55.6 Å². The van der Waals surface area contributed by atoms with Crippen molar-refractivity contribution in [2.75, 3.05) is 11.9 Å². The fraction of sp³-hybridized carbons (Fsp3) is 0.370. The number of carbonyl (C=O) groups is 1. The molecule has 0 bridgehead atoms. The Labute approximate surface area is 206 Å². The first-order valence-corrected chi connectivity index (χ1v) is 12.5. The van der Waals surface area contributed by atoms with Crippen molar-refractivity contribution in [2.24, 2.45) is 0 Å². The van der Waals surface area contributed by atoms with Crippen molar-refractivity contribution < 1.29 is 4.79 Å². The average molecular weight is 474 g/mol. The van der Waals surface area contributed by atoms with E-state index in [1.165, 1.54) is 31.4 Å². The maximum absolute atomic E-state index is 12.8. The summed E-state index contributed by atoms with van der Waals surface area (Å²) in [4.78, 5) is 19.6. The molecule has 1 aliphatic heterocycles. The number of rotatable bonds is 7. The lowest BCUT2D eigenvalue weighted by atomic mass is 10.0. The minimum Gasteiger partial charge on any atom is -0.352 e. The fourth-order valence-electron chi connectivity index (χ4n) is 5.31. The van der Waals surface area contributed by atoms with Gasteiger partial charge in [-0.25, -0.2) is 0 Å². The number of aromatic nitrogens is 2. The Morgan fingerprint density at radius 2 is 2.00 bits per heavy atom. The van der Waals surface area contributed by atoms with Gasteiger partial charge in [0.25, 0.3) is 0 Å². The van der Waals surface area contributed by atoms with Crippen LogP contribution in [0.5, 0.6) is 0 Å². The first-order valence-electron chi connectivity index (χ1n) is 12.1. The number of carbonyl (C=O) groups excluding carboxylic acids is 1. The molecule has 0 radical (unpaired) electrons. The zero-order valence-corrected chi connectivity index (χ0v) is 20.3. The first kappa shape index (κ1) is 22.6. The summed E-state index contributed by atoms with van der Waals surface area (Å²) < 4.78 is 2.43. The lowest BCUT2D eigenvalue weighted by molar-refractivity contribution is -0.116. The van der Waals surface area contributed by atoms with Crippen LogP contribution in [0.25, 0.3) is 0 Å². The smallest absolute Gasteiger partial charge is 0.226 e. The summed E-state index contributed by atoms with van der Waals surface area (Å²) in [7, 11) is 0. The van der Waals surface area contributed by atoms with E-state index in [9.17, 15) is 4.79 Å². The number of pyridine rings is 1. The number of thiocarbonyl (C=S) groups is 1. The molecule has 2 fully saturated rings. The standard InChI is InChI=1S/C27H31N5OS/c1-19-8-6-9-20(18-19)29-24(33)14-17-32-26(23-13-7-16-31(23)21-10-2-3-11-21)25(30-27(32)34)22-12-4-5-15-28-22/h4-9,12-13,15-16,18,21,25-26H,2-3,10-11,14,17H2,1H3,(H,29,33)(H,30,34)/t25-,26+/m1/s1. The second-order valence-electron chi connectivity index (χ2n) is 9.27. The van der Waals surface area contributed by atoms with Gasteiger partial charge >= 0.3 is 0 Å². The number of aryl methyl sites for hydroxylation is 1. The molecule has 3 heterocycles. The zero-order chi connectivity index (χ0) is 23.5. The molecule has 7 heteroatoms. The number of hydrogen-bond donors (Lipinski definition) is 2. The minimum absolute atomic E-state index is 0.0142. The van der Waals surface area contributed by atoms with Crippen LogP contribution in [0.1, 0.15) is 67.2 Å². The van der Waals surface area contributed by atoms with Crippen molar-refractivity contribution in [3.05, 3.63) is 83.9 Å². The van der Waals surface area contributed by atoms with E-state index < -0.39 is 0 Å². The number of nitrogens with one attached hydrogen (secondary N) is 2. The van der Waals surface area contributed by atoms with Gasteiger partial charge in [-0.3, -0.25) is 9.78 Å². The molecular formula is C27H31N5OS. The van der Waals surface area contributed by atoms with E-state index in [2.05, 4.69) is 43.4 Å². The predicted molar refractivity (Wildman–Crippen MR) is 139 cm³/mol. The first-order chi connectivity index (χ1) is 16.6. The largest absolute Gasteiger partial charge is 0.352 e. The summed E-state index contributed by atoms with van der Waals surface area (Å²) in [6.07, 6.45) is 9.34. The van der Waals surface area contributed by atoms with Gasteiger partial charge in [-0.05, 0) is 73.9 Å². The third-order valence-electron chi connectivity index (χ3n) is 6.91. The molecule has 34 heavy (non-hydrogen) atoms. The molecule has 1 aliphatic carbocycles. The second kappa shape index (κ2) is 9.97. The predicted octanol–water partition coefficient (Wildman–Crippen LogP) is 5.31. The molecule has 5 rings (SSSR count). The molecule has 1 saturated carbocycles. The van der Waals surface area contributed by atoms with Gasteiger partial charge in [0.15, 0.2) is 5.11 Å². The van der Waals surface area contributed by atoms with Gasteiger partial charge in [0, 0.05) is 42.8 Å². The summed E-state index contributed by atoms with van der Waals surface area (Å²) in [6.45, 7) is 2.55. The highest BCUT2D eigenvalue weighted by Gasteiger charge is 2.41. The lowest BCUT2D eigenvalue weighted by Crippen LogP contribution is -2.33. The Bertz CT molecular complexity index is 1150. The Kier molecular flexibility index (Phi) is 6.63. The van der Waals surface area contributed by atoms with E-state index in [1.54, 1.807) is 0 Å². The summed E-state index contributed by atoms with van der Waals surface area (Å²) in [5.41, 5.74) is 4.13. The van der Waals surface area contributed by atoms with Crippen LogP contribution in [0, 0.1) is 6.92 Å². The van der Waals surface area contributed by atoms with Crippen LogP contribution in [0.3, 0.4) is 0 Å². The zero-order valence-electron chi connectivity index (χ0n) is 19.5. The van der Waals surface area contributed by atoms with Crippen molar-refractivity contribution in [3.63, 3.8) is 0 Å². The van der Waals surface area contributed by atoms with Crippen LogP contribution in [0.4, 0.5) is 5.69 Å². The van der Waals surface area contributed by atoms with Gasteiger partial charge in [0.2, 0.25) is 5.91 Å². The van der Waals surface area contributed by atoms with Crippen LogP contribution in [0.15, 0.2) is 67.0 Å². The molecule has 2 atom stereocenters. The van der Waals surface area contributed by atoms with E-state index in [0.717, 1.165) is 16.9 Å². The molecular weight excluding hydrogens is 442 g/mol. The molecule has 2 N–H and O–H groups in total. The van der Waals surface area contributed by atoms with Crippen LogP contribution in [-0.2, 0) is 4.79 Å². The summed E-state index contributed by atoms with van der Waals surface area (Å²) in [6, 6.07) is 18.6. The van der Waals surface area contributed by atoms with Gasteiger partial charge in [0.1, 0.15) is 0 Å². The lowest BCUT2D eigenvalue weighted by Gasteiger charge is -2.30. The Morgan fingerprint density at radius 1 is 1.15 bits per heavy atom. The highest BCUT2D eigenvalue weighted by atomic mass is 32.1. The monoisotopic (exact) mass is 473 g/mol. The maximum Gasteiger partial charge on any atom is 0.226 e. The van der Waals surface area contributed by atoms with Gasteiger partial charge < -0.3 is 20.1 Å². The van der Waals surface area contributed by atoms with Gasteiger partial charge in [-0.1, -0.05) is 31.0 Å². The number of hydrogen-bond acceptors (Lipinski definition) is 3. The minimum atomic E-state index is -0.0661. The number of benzene rings is 1. The van der Waals surface area contributed by atoms with E-state index in [0.29, 0.717) is 24.1 Å². The molecule has 6 nitrogen and oxygen atoms in total. The molecule has 1 aromatic carbocycles. The Hall–Kier alpha value is -3.19. The molecule has 176 valence electrons. The number of amides is 1.